The van der Waals surface area contributed by atoms with Crippen molar-refractivity contribution in [2.75, 3.05) is 0 Å². The van der Waals surface area contributed by atoms with Crippen molar-refractivity contribution in [3.05, 3.63) is 216 Å². The Labute approximate surface area is 369 Å². The summed E-state index contributed by atoms with van der Waals surface area (Å²) in [4.78, 5) is 54.8. The average molecular weight is 843 g/mol. The van der Waals surface area contributed by atoms with Crippen molar-refractivity contribution >= 4 is 45.4 Å². The van der Waals surface area contributed by atoms with Gasteiger partial charge in [-0.15, -0.1) is 0 Å². The number of carboxylic acid groups (broad SMARTS) is 2. The van der Waals surface area contributed by atoms with Gasteiger partial charge in [-0.1, -0.05) is 176 Å². The van der Waals surface area contributed by atoms with Gasteiger partial charge in [-0.2, -0.15) is 0 Å². The SMILES string of the molecule is O=C(O)C1[C@@H](c2ccccc2)C(C(=O)Oc2cc(-c3ccc([C@@H]4[C@@H](C(=O)O)[C@@H](c5ccccc5)[C@@H]4C(=O)Oc4cccc5ccccc45)cc3)cc3ccccc23)[C@@H]1c1ccccc1. The summed E-state index contributed by atoms with van der Waals surface area (Å²) in [5.41, 5.74) is 4.50. The van der Waals surface area contributed by atoms with Gasteiger partial charge >= 0.3 is 23.9 Å². The summed E-state index contributed by atoms with van der Waals surface area (Å²) >= 11 is 0. The number of carboxylic acids is 2. The number of esters is 2. The number of hydrogen-bond donors (Lipinski definition) is 2. The number of rotatable bonds is 11. The van der Waals surface area contributed by atoms with E-state index in [0.717, 1.165) is 49.4 Å². The van der Waals surface area contributed by atoms with Crippen molar-refractivity contribution in [3.63, 3.8) is 0 Å². The van der Waals surface area contributed by atoms with E-state index >= 15 is 0 Å². The first kappa shape index (κ1) is 40.2. The highest BCUT2D eigenvalue weighted by molar-refractivity contribution is 5.96. The normalized spacial score (nSPS) is 22.4. The molecule has 314 valence electrons. The smallest absolute Gasteiger partial charge is 0.315 e. The highest BCUT2D eigenvalue weighted by Crippen LogP contribution is 2.59. The maximum Gasteiger partial charge on any atom is 0.315 e. The summed E-state index contributed by atoms with van der Waals surface area (Å²) in [7, 11) is 0. The maximum absolute atomic E-state index is 14.6. The molecule has 2 aliphatic carbocycles. The van der Waals surface area contributed by atoms with E-state index in [0.29, 0.717) is 17.1 Å². The van der Waals surface area contributed by atoms with Gasteiger partial charge in [0.2, 0.25) is 0 Å². The third kappa shape index (κ3) is 7.16. The highest BCUT2D eigenvalue weighted by atomic mass is 16.5. The van der Waals surface area contributed by atoms with Crippen LogP contribution in [0, 0.1) is 23.7 Å². The first-order valence-electron chi connectivity index (χ1n) is 21.4. The van der Waals surface area contributed by atoms with Crippen LogP contribution in [0.2, 0.25) is 0 Å². The topological polar surface area (TPSA) is 127 Å². The van der Waals surface area contributed by atoms with Crippen LogP contribution in [-0.2, 0) is 19.2 Å². The van der Waals surface area contributed by atoms with Gasteiger partial charge in [0, 0.05) is 34.4 Å². The van der Waals surface area contributed by atoms with E-state index in [2.05, 4.69) is 0 Å². The largest absolute Gasteiger partial charge is 0.481 e. The van der Waals surface area contributed by atoms with Crippen LogP contribution in [0.4, 0.5) is 0 Å². The fourth-order valence-electron chi connectivity index (χ4n) is 10.4. The number of carbonyl (C=O) groups is 4. The van der Waals surface area contributed by atoms with E-state index in [1.807, 2.05) is 188 Å². The molecule has 8 aromatic rings. The van der Waals surface area contributed by atoms with Crippen LogP contribution in [0.25, 0.3) is 32.7 Å². The van der Waals surface area contributed by atoms with Crippen LogP contribution in [-0.4, -0.2) is 34.1 Å². The Balaban J connectivity index is 0.984. The first-order chi connectivity index (χ1) is 31.3. The quantitative estimate of drug-likeness (QED) is 0.0973. The molecular weight excluding hydrogens is 801 g/mol. The summed E-state index contributed by atoms with van der Waals surface area (Å²) < 4.78 is 12.5. The Hall–Kier alpha value is -7.84. The number of fused-ring (bicyclic) bond motifs is 2. The Morgan fingerprint density at radius 2 is 0.734 bits per heavy atom. The van der Waals surface area contributed by atoms with E-state index < -0.39 is 71.2 Å². The molecule has 8 nitrogen and oxygen atoms in total. The predicted molar refractivity (Wildman–Crippen MR) is 244 cm³/mol. The molecule has 0 amide bonds. The van der Waals surface area contributed by atoms with E-state index in [9.17, 15) is 29.4 Å². The second-order valence-corrected chi connectivity index (χ2v) is 16.8. The molecule has 2 aliphatic rings. The highest BCUT2D eigenvalue weighted by Gasteiger charge is 2.60. The lowest BCUT2D eigenvalue weighted by Gasteiger charge is -2.49. The molecule has 0 unspecified atom stereocenters. The van der Waals surface area contributed by atoms with Crippen LogP contribution in [0.5, 0.6) is 11.5 Å². The van der Waals surface area contributed by atoms with Crippen molar-refractivity contribution in [1.82, 2.24) is 0 Å². The van der Waals surface area contributed by atoms with Crippen LogP contribution < -0.4 is 9.47 Å². The molecule has 0 spiro atoms. The van der Waals surface area contributed by atoms with E-state index in [4.69, 9.17) is 9.47 Å². The van der Waals surface area contributed by atoms with Gasteiger partial charge in [-0.05, 0) is 62.4 Å². The lowest BCUT2D eigenvalue weighted by atomic mass is 9.52. The maximum atomic E-state index is 14.6. The molecule has 0 radical (unpaired) electrons. The van der Waals surface area contributed by atoms with Gasteiger partial charge in [0.25, 0.3) is 0 Å². The summed E-state index contributed by atoms with van der Waals surface area (Å²) in [5, 5.41) is 24.5. The Morgan fingerprint density at radius 3 is 1.22 bits per heavy atom. The molecule has 0 bridgehead atoms. The van der Waals surface area contributed by atoms with E-state index in [1.165, 1.54) is 0 Å². The second kappa shape index (κ2) is 16.8. The van der Waals surface area contributed by atoms with Gasteiger partial charge in [0.05, 0.1) is 23.7 Å². The minimum Gasteiger partial charge on any atom is -0.481 e. The molecule has 6 atom stereocenters. The predicted octanol–water partition coefficient (Wildman–Crippen LogP) is 11.3. The molecule has 10 rings (SSSR count). The third-order valence-corrected chi connectivity index (χ3v) is 13.4. The third-order valence-electron chi connectivity index (χ3n) is 13.4. The monoisotopic (exact) mass is 842 g/mol. The minimum absolute atomic E-state index is 0.339. The number of aliphatic carboxylic acids is 2. The van der Waals surface area contributed by atoms with Gasteiger partial charge in [-0.3, -0.25) is 19.2 Å². The second-order valence-electron chi connectivity index (χ2n) is 16.8. The van der Waals surface area contributed by atoms with Crippen molar-refractivity contribution in [3.8, 4) is 22.6 Å². The first-order valence-corrected chi connectivity index (χ1v) is 21.4. The van der Waals surface area contributed by atoms with Crippen LogP contribution in [0.1, 0.15) is 45.9 Å². The molecule has 2 fully saturated rings. The Kier molecular flexibility index (Phi) is 10.6. The van der Waals surface area contributed by atoms with Crippen molar-refractivity contribution in [2.45, 2.75) is 23.7 Å². The van der Waals surface area contributed by atoms with Gasteiger partial charge in [0.15, 0.2) is 0 Å². The van der Waals surface area contributed by atoms with Gasteiger partial charge in [0.1, 0.15) is 11.5 Å². The van der Waals surface area contributed by atoms with Crippen LogP contribution in [0.15, 0.2) is 194 Å². The molecule has 8 aromatic carbocycles. The number of ether oxygens (including phenoxy) is 2. The molecular formula is C56H42O8. The van der Waals surface area contributed by atoms with Crippen molar-refractivity contribution < 1.29 is 38.9 Å². The lowest BCUT2D eigenvalue weighted by Crippen LogP contribution is -2.52. The van der Waals surface area contributed by atoms with Gasteiger partial charge in [-0.25, -0.2) is 0 Å². The lowest BCUT2D eigenvalue weighted by molar-refractivity contribution is -0.160. The van der Waals surface area contributed by atoms with E-state index in [-0.39, 0.29) is 0 Å². The zero-order valence-electron chi connectivity index (χ0n) is 34.4. The van der Waals surface area contributed by atoms with E-state index in [1.54, 1.807) is 6.07 Å². The Bertz CT molecular complexity index is 2990. The molecule has 64 heavy (non-hydrogen) atoms. The molecule has 0 aromatic heterocycles. The number of hydrogen-bond acceptors (Lipinski definition) is 6. The zero-order chi connectivity index (χ0) is 43.9. The van der Waals surface area contributed by atoms with Gasteiger partial charge < -0.3 is 19.7 Å². The standard InChI is InChI=1S/C56H42O8/c57-53(58)49-45(35-16-4-1-5-17-35)51(46(49)36-18-6-2-7-19-36)56(62)64-44-32-40(31-39-22-11-13-25-42(39)44)33-27-29-38(30-28-33)48-50(54(59)60)47(37-20-8-3-9-21-37)52(48)55(61)63-43-26-14-23-34-15-10-12-24-41(34)43/h1-32,45-52H,(H,57,58)(H,59,60)/t45-,46-,47-,48-,49?,50+,51?,52+/m1/s1. The fraction of sp³-hybridized carbons (Fsp3) is 0.143. The average Bonchev–Trinajstić information content (AvgIpc) is 3.29. The van der Waals surface area contributed by atoms with Crippen molar-refractivity contribution in [1.29, 1.82) is 0 Å². The molecule has 2 N–H and O–H groups in total. The summed E-state index contributed by atoms with van der Waals surface area (Å²) in [6, 6.07) is 60.0. The molecule has 2 saturated carbocycles. The summed E-state index contributed by atoms with van der Waals surface area (Å²) in [6.07, 6.45) is 0. The molecule has 0 heterocycles. The van der Waals surface area contributed by atoms with Crippen LogP contribution in [0.3, 0.4) is 0 Å². The summed E-state index contributed by atoms with van der Waals surface area (Å²) in [6.45, 7) is 0. The van der Waals surface area contributed by atoms with Crippen LogP contribution >= 0.6 is 0 Å². The Morgan fingerprint density at radius 1 is 0.344 bits per heavy atom. The zero-order valence-corrected chi connectivity index (χ0v) is 34.4. The number of benzene rings is 8. The fourth-order valence-corrected chi connectivity index (χ4v) is 10.4. The van der Waals surface area contributed by atoms with Crippen molar-refractivity contribution in [2.24, 2.45) is 23.7 Å². The minimum atomic E-state index is -0.997. The number of carbonyl (C=O) groups excluding carboxylic acids is 2. The molecule has 8 heteroatoms. The molecule has 0 saturated heterocycles. The molecule has 0 aliphatic heterocycles. The summed E-state index contributed by atoms with van der Waals surface area (Å²) in [5.74, 6) is -8.00.